The van der Waals surface area contributed by atoms with E-state index in [-0.39, 0.29) is 15.7 Å². The van der Waals surface area contributed by atoms with Crippen LogP contribution in [0.5, 0.6) is 5.75 Å². The van der Waals surface area contributed by atoms with Gasteiger partial charge < -0.3 is 14.6 Å². The zero-order valence-corrected chi connectivity index (χ0v) is 14.1. The van der Waals surface area contributed by atoms with Gasteiger partial charge in [-0.2, -0.15) is 0 Å². The standard InChI is InChI=1S/C9H5I3O4/c10-3-7(13)16-8-5(9(14)15)1-4(11)2-6(8)12/h1-2H,3H2,(H,14,15)/p-1. The summed E-state index contributed by atoms with van der Waals surface area (Å²) >= 11 is 5.75. The Kier molecular flexibility index (Phi) is 5.70. The predicted octanol–water partition coefficient (Wildman–Crippen LogP) is 1.60. The molecule has 1 rings (SSSR count). The van der Waals surface area contributed by atoms with E-state index in [1.54, 1.807) is 6.07 Å². The summed E-state index contributed by atoms with van der Waals surface area (Å²) < 4.78 is 6.44. The number of hydrogen-bond acceptors (Lipinski definition) is 4. The van der Waals surface area contributed by atoms with E-state index >= 15 is 0 Å². The first-order valence-electron chi connectivity index (χ1n) is 3.92. The van der Waals surface area contributed by atoms with Gasteiger partial charge in [-0.15, -0.1) is 0 Å². The molecule has 4 nitrogen and oxygen atoms in total. The lowest BCUT2D eigenvalue weighted by Gasteiger charge is -2.12. The molecule has 0 unspecified atom stereocenters. The molecule has 0 spiro atoms. The molecule has 7 heteroatoms. The highest BCUT2D eigenvalue weighted by Crippen LogP contribution is 2.28. The molecule has 0 fully saturated rings. The first kappa shape index (κ1) is 14.4. The summed E-state index contributed by atoms with van der Waals surface area (Å²) in [6.45, 7) is 0. The molecule has 1 aromatic rings. The Morgan fingerprint density at radius 2 is 1.94 bits per heavy atom. The van der Waals surface area contributed by atoms with E-state index in [1.807, 2.05) is 67.8 Å². The first-order valence-corrected chi connectivity index (χ1v) is 7.61. The third-order valence-corrected chi connectivity index (χ3v) is 3.60. The summed E-state index contributed by atoms with van der Waals surface area (Å²) in [4.78, 5) is 22.0. The van der Waals surface area contributed by atoms with Crippen LogP contribution in [0.1, 0.15) is 10.4 Å². The molecule has 0 atom stereocenters. The van der Waals surface area contributed by atoms with Crippen molar-refractivity contribution in [2.45, 2.75) is 0 Å². The molecule has 0 aromatic heterocycles. The van der Waals surface area contributed by atoms with Gasteiger partial charge in [0.25, 0.3) is 0 Å². The maximum atomic E-state index is 11.1. The van der Waals surface area contributed by atoms with E-state index in [9.17, 15) is 14.7 Å². The van der Waals surface area contributed by atoms with Crippen LogP contribution < -0.4 is 9.84 Å². The van der Waals surface area contributed by atoms with E-state index in [2.05, 4.69) is 0 Å². The quantitative estimate of drug-likeness (QED) is 0.246. The number of carbonyl (C=O) groups excluding carboxylic acids is 2. The fraction of sp³-hybridized carbons (Fsp3) is 0.111. The summed E-state index contributed by atoms with van der Waals surface area (Å²) in [5.41, 5.74) is -0.102. The van der Waals surface area contributed by atoms with Crippen molar-refractivity contribution in [1.82, 2.24) is 0 Å². The largest absolute Gasteiger partial charge is 0.545 e. The topological polar surface area (TPSA) is 66.4 Å². The maximum Gasteiger partial charge on any atom is 0.321 e. The van der Waals surface area contributed by atoms with Crippen LogP contribution in [0.25, 0.3) is 0 Å². The number of benzene rings is 1. The van der Waals surface area contributed by atoms with Gasteiger partial charge in [0.15, 0.2) is 5.75 Å². The second-order valence-corrected chi connectivity index (χ2v) is 5.83. The van der Waals surface area contributed by atoms with Crippen molar-refractivity contribution >= 4 is 79.7 Å². The lowest BCUT2D eigenvalue weighted by molar-refractivity contribution is -0.255. The van der Waals surface area contributed by atoms with Gasteiger partial charge in [0.1, 0.15) is 0 Å². The van der Waals surface area contributed by atoms with Crippen LogP contribution in [-0.2, 0) is 4.79 Å². The normalized spacial score (nSPS) is 9.94. The minimum absolute atomic E-state index is 0.0580. The average molecular weight is 557 g/mol. The zero-order chi connectivity index (χ0) is 12.3. The van der Waals surface area contributed by atoms with Crippen LogP contribution in [-0.4, -0.2) is 16.4 Å². The second-order valence-electron chi connectivity index (χ2n) is 2.66. The Balaban J connectivity index is 3.24. The number of halogens is 3. The number of hydrogen-bond donors (Lipinski definition) is 0. The van der Waals surface area contributed by atoms with E-state index in [1.165, 1.54) is 6.07 Å². The molecule has 0 radical (unpaired) electrons. The predicted molar refractivity (Wildman–Crippen MR) is 80.7 cm³/mol. The van der Waals surface area contributed by atoms with Gasteiger partial charge in [0, 0.05) is 9.13 Å². The smallest absolute Gasteiger partial charge is 0.321 e. The van der Waals surface area contributed by atoms with E-state index in [0.29, 0.717) is 3.57 Å². The first-order chi connectivity index (χ1) is 7.45. The average Bonchev–Trinajstić information content (AvgIpc) is 2.20. The fourth-order valence-corrected chi connectivity index (χ4v) is 3.07. The molecule has 0 heterocycles. The van der Waals surface area contributed by atoms with E-state index in [0.717, 1.165) is 3.57 Å². The van der Waals surface area contributed by atoms with Crippen molar-refractivity contribution in [2.24, 2.45) is 0 Å². The van der Waals surface area contributed by atoms with Gasteiger partial charge in [0.2, 0.25) is 0 Å². The Labute approximate surface area is 133 Å². The zero-order valence-electron chi connectivity index (χ0n) is 7.63. The molecule has 0 aliphatic rings. The van der Waals surface area contributed by atoms with Gasteiger partial charge >= 0.3 is 5.97 Å². The molecule has 0 saturated carbocycles. The summed E-state index contributed by atoms with van der Waals surface area (Å²) in [5, 5.41) is 10.9. The highest BCUT2D eigenvalue weighted by Gasteiger charge is 2.14. The molecule has 0 aliphatic heterocycles. The monoisotopic (exact) mass is 557 g/mol. The molecular weight excluding hydrogens is 553 g/mol. The number of esters is 1. The van der Waals surface area contributed by atoms with Gasteiger partial charge in [0.05, 0.1) is 14.0 Å². The highest BCUT2D eigenvalue weighted by molar-refractivity contribution is 14.1. The number of rotatable bonds is 3. The van der Waals surface area contributed by atoms with Crippen molar-refractivity contribution in [1.29, 1.82) is 0 Å². The second kappa shape index (κ2) is 6.33. The minimum Gasteiger partial charge on any atom is -0.545 e. The summed E-state index contributed by atoms with van der Waals surface area (Å²) in [6.07, 6.45) is 0. The van der Waals surface area contributed by atoms with Crippen molar-refractivity contribution in [3.63, 3.8) is 0 Å². The SMILES string of the molecule is O=C(CI)Oc1c(I)cc(I)cc1C(=O)[O-]. The minimum atomic E-state index is -1.35. The Morgan fingerprint density at radius 3 is 2.44 bits per heavy atom. The molecule has 0 amide bonds. The molecule has 16 heavy (non-hydrogen) atoms. The third kappa shape index (κ3) is 3.68. The number of carbonyl (C=O) groups is 2. The van der Waals surface area contributed by atoms with Crippen LogP contribution in [0.2, 0.25) is 0 Å². The molecule has 0 aliphatic carbocycles. The van der Waals surface area contributed by atoms with Crippen LogP contribution >= 0.6 is 67.8 Å². The number of alkyl halides is 1. The van der Waals surface area contributed by atoms with E-state index < -0.39 is 11.9 Å². The summed E-state index contributed by atoms with van der Waals surface area (Å²) in [5.74, 6) is -1.78. The lowest BCUT2D eigenvalue weighted by atomic mass is 10.2. The maximum absolute atomic E-state index is 11.1. The number of carboxylic acid groups (broad SMARTS) is 1. The molecule has 0 saturated heterocycles. The Hall–Kier alpha value is 0.350. The number of aromatic carboxylic acids is 1. The molecule has 0 N–H and O–H groups in total. The number of ether oxygens (including phenoxy) is 1. The fourth-order valence-electron chi connectivity index (χ4n) is 0.957. The van der Waals surface area contributed by atoms with Crippen LogP contribution in [0.3, 0.4) is 0 Å². The number of carboxylic acids is 1. The van der Waals surface area contributed by atoms with Gasteiger partial charge in [-0.1, -0.05) is 22.6 Å². The van der Waals surface area contributed by atoms with Crippen LogP contribution in [0.4, 0.5) is 0 Å². The van der Waals surface area contributed by atoms with Crippen molar-refractivity contribution < 1.29 is 19.4 Å². The van der Waals surface area contributed by atoms with Crippen molar-refractivity contribution in [3.05, 3.63) is 24.8 Å². The molecule has 86 valence electrons. The van der Waals surface area contributed by atoms with Crippen molar-refractivity contribution in [3.8, 4) is 5.75 Å². The molecular formula is C9H4I3O4-. The Morgan fingerprint density at radius 1 is 1.31 bits per heavy atom. The lowest BCUT2D eigenvalue weighted by Crippen LogP contribution is -2.24. The van der Waals surface area contributed by atoms with Gasteiger partial charge in [-0.25, -0.2) is 0 Å². The van der Waals surface area contributed by atoms with Gasteiger partial charge in [-0.3, -0.25) is 4.79 Å². The highest BCUT2D eigenvalue weighted by atomic mass is 127. The molecule has 1 aromatic carbocycles. The summed E-state index contributed by atoms with van der Waals surface area (Å²) in [7, 11) is 0. The summed E-state index contributed by atoms with van der Waals surface area (Å²) in [6, 6.07) is 3.14. The van der Waals surface area contributed by atoms with Crippen LogP contribution in [0.15, 0.2) is 12.1 Å². The molecule has 0 bridgehead atoms. The van der Waals surface area contributed by atoms with Gasteiger partial charge in [-0.05, 0) is 57.3 Å². The third-order valence-electron chi connectivity index (χ3n) is 1.55. The van der Waals surface area contributed by atoms with E-state index in [4.69, 9.17) is 4.74 Å². The van der Waals surface area contributed by atoms with Crippen LogP contribution in [0, 0.1) is 7.14 Å². The Bertz CT molecular complexity index is 445. The van der Waals surface area contributed by atoms with Crippen molar-refractivity contribution in [2.75, 3.05) is 4.43 Å².